The van der Waals surface area contributed by atoms with E-state index in [9.17, 15) is 9.59 Å². The van der Waals surface area contributed by atoms with Crippen molar-refractivity contribution >= 4 is 11.8 Å². The van der Waals surface area contributed by atoms with Crippen molar-refractivity contribution in [1.82, 2.24) is 9.80 Å². The maximum absolute atomic E-state index is 12.0. The molecule has 2 fully saturated rings. The number of carbonyl (C=O) groups is 2. The van der Waals surface area contributed by atoms with Gasteiger partial charge in [0.2, 0.25) is 11.8 Å². The lowest BCUT2D eigenvalue weighted by molar-refractivity contribution is -0.142. The van der Waals surface area contributed by atoms with Gasteiger partial charge in [-0.05, 0) is 55.5 Å². The first-order valence-corrected chi connectivity index (χ1v) is 8.77. The third-order valence-corrected chi connectivity index (χ3v) is 5.50. The van der Waals surface area contributed by atoms with Crippen LogP contribution >= 0.6 is 0 Å². The molecule has 1 spiro atoms. The highest BCUT2D eigenvalue weighted by Gasteiger charge is 2.41. The average molecular weight is 340 g/mol. The van der Waals surface area contributed by atoms with Crippen LogP contribution in [0.5, 0.6) is 0 Å². The summed E-state index contributed by atoms with van der Waals surface area (Å²) in [5.41, 5.74) is 7.30. The molecule has 0 unspecified atom stereocenters. The van der Waals surface area contributed by atoms with Crippen molar-refractivity contribution in [3.8, 4) is 6.07 Å². The molecule has 1 aromatic rings. The number of piperidine rings is 2. The van der Waals surface area contributed by atoms with Gasteiger partial charge in [-0.3, -0.25) is 14.5 Å². The summed E-state index contributed by atoms with van der Waals surface area (Å²) in [6.45, 7) is 3.54. The number of nitriles is 1. The Morgan fingerprint density at radius 1 is 1.20 bits per heavy atom. The standard InChI is InChI=1S/C19H24N4O2/c20-11-15-1-3-16(4-2-15)12-22-9-7-19(8-10-22)6-5-18(25)23(14-19)13-17(21)24/h1-4H,5-10,12-14H2,(H2,21,24). The van der Waals surface area contributed by atoms with Gasteiger partial charge in [0.1, 0.15) is 0 Å². The van der Waals surface area contributed by atoms with Crippen molar-refractivity contribution in [3.63, 3.8) is 0 Å². The van der Waals surface area contributed by atoms with Crippen LogP contribution in [0.1, 0.15) is 36.8 Å². The van der Waals surface area contributed by atoms with E-state index in [1.807, 2.05) is 24.3 Å². The zero-order valence-electron chi connectivity index (χ0n) is 14.4. The van der Waals surface area contributed by atoms with Crippen molar-refractivity contribution in [3.05, 3.63) is 35.4 Å². The number of primary amides is 1. The van der Waals surface area contributed by atoms with Gasteiger partial charge >= 0.3 is 0 Å². The summed E-state index contributed by atoms with van der Waals surface area (Å²) in [6, 6.07) is 9.87. The predicted octanol–water partition coefficient (Wildman–Crippen LogP) is 1.25. The fourth-order valence-electron chi connectivity index (χ4n) is 3.97. The third kappa shape index (κ3) is 4.18. The lowest BCUT2D eigenvalue weighted by Gasteiger charge is -2.47. The summed E-state index contributed by atoms with van der Waals surface area (Å²) in [5, 5.41) is 8.87. The molecule has 2 heterocycles. The van der Waals surface area contributed by atoms with Gasteiger partial charge in [0, 0.05) is 19.5 Å². The molecule has 6 nitrogen and oxygen atoms in total. The second-order valence-corrected chi connectivity index (χ2v) is 7.30. The van der Waals surface area contributed by atoms with Gasteiger partial charge < -0.3 is 10.6 Å². The van der Waals surface area contributed by atoms with Crippen LogP contribution in [0.3, 0.4) is 0 Å². The van der Waals surface area contributed by atoms with Crippen LogP contribution in [-0.4, -0.2) is 47.8 Å². The summed E-state index contributed by atoms with van der Waals surface area (Å²) < 4.78 is 0. The van der Waals surface area contributed by atoms with Crippen LogP contribution < -0.4 is 5.73 Å². The average Bonchev–Trinajstić information content (AvgIpc) is 2.61. The van der Waals surface area contributed by atoms with E-state index in [4.69, 9.17) is 11.0 Å². The van der Waals surface area contributed by atoms with Gasteiger partial charge in [0.25, 0.3) is 0 Å². The van der Waals surface area contributed by atoms with E-state index >= 15 is 0 Å². The Morgan fingerprint density at radius 3 is 2.48 bits per heavy atom. The number of carbonyl (C=O) groups excluding carboxylic acids is 2. The topological polar surface area (TPSA) is 90.4 Å². The molecule has 0 radical (unpaired) electrons. The smallest absolute Gasteiger partial charge is 0.237 e. The first-order chi connectivity index (χ1) is 12.0. The van der Waals surface area contributed by atoms with Crippen LogP contribution in [0.2, 0.25) is 0 Å². The lowest BCUT2D eigenvalue weighted by Crippen LogP contribution is -2.53. The van der Waals surface area contributed by atoms with Crippen molar-refractivity contribution in [2.75, 3.05) is 26.2 Å². The first-order valence-electron chi connectivity index (χ1n) is 8.77. The van der Waals surface area contributed by atoms with Crippen LogP contribution in [0.4, 0.5) is 0 Å². The Balaban J connectivity index is 1.56. The van der Waals surface area contributed by atoms with E-state index in [2.05, 4.69) is 11.0 Å². The molecule has 25 heavy (non-hydrogen) atoms. The lowest BCUT2D eigenvalue weighted by atomic mass is 9.72. The number of benzene rings is 1. The Morgan fingerprint density at radius 2 is 1.88 bits per heavy atom. The van der Waals surface area contributed by atoms with E-state index in [1.54, 1.807) is 4.90 Å². The Kier molecular flexibility index (Phi) is 5.05. The molecule has 0 bridgehead atoms. The molecule has 2 aliphatic rings. The molecule has 2 aliphatic heterocycles. The molecule has 2 N–H and O–H groups in total. The van der Waals surface area contributed by atoms with E-state index in [-0.39, 0.29) is 17.9 Å². The minimum absolute atomic E-state index is 0.0372. The van der Waals surface area contributed by atoms with Crippen molar-refractivity contribution in [2.24, 2.45) is 11.1 Å². The predicted molar refractivity (Wildman–Crippen MR) is 93.1 cm³/mol. The summed E-state index contributed by atoms with van der Waals surface area (Å²) in [5.74, 6) is -0.395. The molecule has 0 aromatic heterocycles. The molecule has 2 amide bonds. The maximum atomic E-state index is 12.0. The van der Waals surface area contributed by atoms with Gasteiger partial charge in [-0.2, -0.15) is 5.26 Å². The normalized spacial score (nSPS) is 20.4. The minimum Gasteiger partial charge on any atom is -0.368 e. The molecular formula is C19H24N4O2. The number of nitrogens with zero attached hydrogens (tertiary/aromatic N) is 3. The number of nitrogens with two attached hydrogens (primary N) is 1. The molecule has 2 saturated heterocycles. The third-order valence-electron chi connectivity index (χ3n) is 5.50. The van der Waals surface area contributed by atoms with Crippen LogP contribution in [-0.2, 0) is 16.1 Å². The molecule has 1 aromatic carbocycles. The van der Waals surface area contributed by atoms with Gasteiger partial charge in [0.05, 0.1) is 18.2 Å². The maximum Gasteiger partial charge on any atom is 0.237 e. The number of hydrogen-bond acceptors (Lipinski definition) is 4. The van der Waals surface area contributed by atoms with E-state index in [0.29, 0.717) is 18.5 Å². The first kappa shape index (κ1) is 17.4. The van der Waals surface area contributed by atoms with Gasteiger partial charge in [-0.1, -0.05) is 12.1 Å². The Bertz CT molecular complexity index is 684. The minimum atomic E-state index is -0.441. The molecular weight excluding hydrogens is 316 g/mol. The number of rotatable bonds is 4. The number of likely N-dealkylation sites (tertiary alicyclic amines) is 2. The molecule has 3 rings (SSSR count). The molecule has 132 valence electrons. The molecule has 0 saturated carbocycles. The summed E-state index contributed by atoms with van der Waals surface area (Å²) in [7, 11) is 0. The molecule has 0 aliphatic carbocycles. The van der Waals surface area contributed by atoms with Gasteiger partial charge in [-0.15, -0.1) is 0 Å². The zero-order chi connectivity index (χ0) is 17.9. The van der Waals surface area contributed by atoms with E-state index in [0.717, 1.165) is 38.9 Å². The van der Waals surface area contributed by atoms with Crippen LogP contribution in [0.25, 0.3) is 0 Å². The summed E-state index contributed by atoms with van der Waals surface area (Å²) in [6.07, 6.45) is 3.49. The van der Waals surface area contributed by atoms with E-state index < -0.39 is 5.91 Å². The second kappa shape index (κ2) is 7.24. The van der Waals surface area contributed by atoms with Crippen LogP contribution in [0.15, 0.2) is 24.3 Å². The highest BCUT2D eigenvalue weighted by atomic mass is 16.2. The molecule has 6 heteroatoms. The fraction of sp³-hybridized carbons (Fsp3) is 0.526. The van der Waals surface area contributed by atoms with Crippen molar-refractivity contribution < 1.29 is 9.59 Å². The summed E-state index contributed by atoms with van der Waals surface area (Å²) >= 11 is 0. The monoisotopic (exact) mass is 340 g/mol. The quantitative estimate of drug-likeness (QED) is 0.893. The number of amides is 2. The van der Waals surface area contributed by atoms with Crippen molar-refractivity contribution in [2.45, 2.75) is 32.2 Å². The number of hydrogen-bond donors (Lipinski definition) is 1. The Hall–Kier alpha value is -2.39. The highest BCUT2D eigenvalue weighted by Crippen LogP contribution is 2.40. The summed E-state index contributed by atoms with van der Waals surface area (Å²) in [4.78, 5) is 27.2. The fourth-order valence-corrected chi connectivity index (χ4v) is 3.97. The zero-order valence-corrected chi connectivity index (χ0v) is 14.4. The van der Waals surface area contributed by atoms with Gasteiger partial charge in [-0.25, -0.2) is 0 Å². The largest absolute Gasteiger partial charge is 0.368 e. The van der Waals surface area contributed by atoms with Gasteiger partial charge in [0.15, 0.2) is 0 Å². The molecule has 0 atom stereocenters. The highest BCUT2D eigenvalue weighted by molar-refractivity contribution is 5.84. The van der Waals surface area contributed by atoms with E-state index in [1.165, 1.54) is 5.56 Å². The van der Waals surface area contributed by atoms with Crippen LogP contribution in [0, 0.1) is 16.7 Å². The van der Waals surface area contributed by atoms with Crippen molar-refractivity contribution in [1.29, 1.82) is 5.26 Å². The second-order valence-electron chi connectivity index (χ2n) is 7.30. The SMILES string of the molecule is N#Cc1ccc(CN2CCC3(CCC(=O)N(CC(N)=O)C3)CC2)cc1. The Labute approximate surface area is 148 Å².